The molecule has 1 amide bonds. The van der Waals surface area contributed by atoms with Crippen LogP contribution in [-0.2, 0) is 61.9 Å². The molecule has 1 N–H and O–H groups in total. The zero-order valence-corrected chi connectivity index (χ0v) is 22.0. The van der Waals surface area contributed by atoms with Gasteiger partial charge in [0.1, 0.15) is 19.6 Å². The molecule has 15 heteroatoms. The second kappa shape index (κ2) is 35.1. The molecule has 0 saturated carbocycles. The minimum absolute atomic E-state index is 0.0382. The molecule has 0 aliphatic heterocycles. The fourth-order valence-corrected chi connectivity index (χ4v) is 0.902. The third-order valence-corrected chi connectivity index (χ3v) is 2.50. The fourth-order valence-electron chi connectivity index (χ4n) is 0.902. The number of nitrogens with one attached hydrogen (secondary N) is 1. The molecule has 0 aliphatic rings. The van der Waals surface area contributed by atoms with Crippen molar-refractivity contribution >= 4 is 35.9 Å². The molecule has 0 bridgehead atoms. The van der Waals surface area contributed by atoms with Gasteiger partial charge in [-0.15, -0.1) is 0 Å². The maximum absolute atomic E-state index is 10.4. The van der Waals surface area contributed by atoms with Crippen LogP contribution in [-0.4, -0.2) is 113 Å². The van der Waals surface area contributed by atoms with E-state index < -0.39 is 18.1 Å². The van der Waals surface area contributed by atoms with Gasteiger partial charge in [0.2, 0.25) is 5.91 Å². The summed E-state index contributed by atoms with van der Waals surface area (Å²) in [5, 5.41) is 2.58. The minimum atomic E-state index is -0.657. The highest BCUT2D eigenvalue weighted by atomic mass is 16.7. The Labute approximate surface area is 205 Å². The van der Waals surface area contributed by atoms with Gasteiger partial charge in [-0.2, -0.15) is 0 Å². The Morgan fingerprint density at radius 3 is 1.11 bits per heavy atom. The number of methoxy groups -OCH3 is 8. The topological polar surface area (TPSA) is 188 Å². The molecule has 35 heavy (non-hydrogen) atoms. The number of carbonyl (C=O) groups is 6. The van der Waals surface area contributed by atoms with Crippen molar-refractivity contribution in [3.05, 3.63) is 0 Å². The first kappa shape index (κ1) is 41.8. The summed E-state index contributed by atoms with van der Waals surface area (Å²) in [6.07, 6.45) is -0.970. The Balaban J connectivity index is -0.000000109. The summed E-state index contributed by atoms with van der Waals surface area (Å²) in [5.41, 5.74) is 0. The summed E-state index contributed by atoms with van der Waals surface area (Å²) in [6, 6.07) is 0. The minimum Gasteiger partial charge on any atom is -0.469 e. The lowest BCUT2D eigenvalue weighted by molar-refractivity contribution is -0.151. The van der Waals surface area contributed by atoms with Crippen LogP contribution in [0.3, 0.4) is 0 Å². The van der Waals surface area contributed by atoms with Crippen molar-refractivity contribution in [3.8, 4) is 0 Å². The second-order valence-electron chi connectivity index (χ2n) is 5.08. The van der Waals surface area contributed by atoms with E-state index in [1.54, 1.807) is 0 Å². The quantitative estimate of drug-likeness (QED) is 0.267. The smallest absolute Gasteiger partial charge is 0.469 e. The molecule has 0 atom stereocenters. The molecule has 0 heterocycles. The van der Waals surface area contributed by atoms with Crippen molar-refractivity contribution in [2.75, 3.05) is 76.6 Å². The van der Waals surface area contributed by atoms with Gasteiger partial charge in [0, 0.05) is 27.7 Å². The Bertz CT molecular complexity index is 538. The summed E-state index contributed by atoms with van der Waals surface area (Å²) >= 11 is 0. The maximum Gasteiger partial charge on any atom is 0.507 e. The summed E-state index contributed by atoms with van der Waals surface area (Å²) in [4.78, 5) is 60.3. The maximum atomic E-state index is 10.4. The predicted octanol–water partition coefficient (Wildman–Crippen LogP) is -0.124. The third-order valence-electron chi connectivity index (χ3n) is 2.50. The van der Waals surface area contributed by atoms with Gasteiger partial charge in [-0.1, -0.05) is 0 Å². The van der Waals surface area contributed by atoms with Gasteiger partial charge in [-0.05, 0) is 6.92 Å². The summed E-state index contributed by atoms with van der Waals surface area (Å²) in [7, 11) is 10.5. The van der Waals surface area contributed by atoms with Crippen LogP contribution in [0.5, 0.6) is 0 Å². The molecule has 0 spiro atoms. The van der Waals surface area contributed by atoms with Crippen LogP contribution >= 0.6 is 0 Å². The van der Waals surface area contributed by atoms with Crippen LogP contribution in [0.15, 0.2) is 0 Å². The van der Waals surface area contributed by atoms with Gasteiger partial charge >= 0.3 is 30.0 Å². The summed E-state index contributed by atoms with van der Waals surface area (Å²) in [5.74, 6) is -1.81. The van der Waals surface area contributed by atoms with E-state index in [-0.39, 0.29) is 37.5 Å². The predicted molar refractivity (Wildman–Crippen MR) is 120 cm³/mol. The van der Waals surface area contributed by atoms with Crippen LogP contribution in [0.2, 0.25) is 0 Å². The molecular formula is C20H39NO14. The van der Waals surface area contributed by atoms with Gasteiger partial charge in [-0.25, -0.2) is 9.59 Å². The summed E-state index contributed by atoms with van der Waals surface area (Å²) in [6.45, 7) is 4.10. The van der Waals surface area contributed by atoms with E-state index in [1.807, 2.05) is 6.92 Å². The molecule has 0 aromatic rings. The number of rotatable bonds is 7. The number of amides is 1. The molecule has 15 nitrogen and oxygen atoms in total. The average molecular weight is 518 g/mol. The van der Waals surface area contributed by atoms with Crippen molar-refractivity contribution in [3.63, 3.8) is 0 Å². The monoisotopic (exact) mass is 517 g/mol. The molecule has 0 radical (unpaired) electrons. The van der Waals surface area contributed by atoms with E-state index in [4.69, 9.17) is 0 Å². The highest BCUT2D eigenvalue weighted by Gasteiger charge is 2.07. The normalized spacial score (nSPS) is 7.94. The average Bonchev–Trinajstić information content (AvgIpc) is 2.85. The van der Waals surface area contributed by atoms with Gasteiger partial charge < -0.3 is 43.2 Å². The summed E-state index contributed by atoms with van der Waals surface area (Å²) < 4.78 is 33.7. The molecule has 0 aromatic carbocycles. The fraction of sp³-hybridized carbons (Fsp3) is 0.700. The van der Waals surface area contributed by atoms with Gasteiger partial charge in [0.15, 0.2) is 0 Å². The van der Waals surface area contributed by atoms with Crippen LogP contribution < -0.4 is 5.32 Å². The van der Waals surface area contributed by atoms with Crippen LogP contribution in [0.1, 0.15) is 20.3 Å². The second-order valence-corrected chi connectivity index (χ2v) is 5.08. The van der Waals surface area contributed by atoms with Crippen molar-refractivity contribution in [1.29, 1.82) is 0 Å². The van der Waals surface area contributed by atoms with Crippen molar-refractivity contribution in [2.45, 2.75) is 20.3 Å². The third kappa shape index (κ3) is 53.6. The van der Waals surface area contributed by atoms with Crippen LogP contribution in [0.25, 0.3) is 0 Å². The van der Waals surface area contributed by atoms with Crippen molar-refractivity contribution in [1.82, 2.24) is 5.32 Å². The van der Waals surface area contributed by atoms with Crippen LogP contribution in [0.4, 0.5) is 4.79 Å². The van der Waals surface area contributed by atoms with Gasteiger partial charge in [0.25, 0.3) is 0 Å². The SMILES string of the molecule is CCNC(=O)COC.COC(=O)CC(=O)OC.COC(=O)OC.COC(C)=O.COCC(=O)OC. The first-order chi connectivity index (χ1) is 16.4. The van der Waals surface area contributed by atoms with Crippen molar-refractivity contribution in [2.24, 2.45) is 0 Å². The standard InChI is InChI=1S/C5H11NO2.C5H8O4.C4H8O3.C3H6O3.C3H6O2/c1-3-6-5(7)4-8-2;1-8-4(6)3-5(7)9-2;1-6-3-4(5)7-2;1-5-3(4)6-2;1-3(4)5-2/h3-4H2,1-2H3,(H,6,7);3H2,1-2H3;3H2,1-2H3;1-2H3;1-2H3. The molecule has 0 aromatic heterocycles. The number of carbonyl (C=O) groups excluding carboxylic acids is 6. The zero-order chi connectivity index (χ0) is 28.7. The lowest BCUT2D eigenvalue weighted by atomic mass is 10.4. The lowest BCUT2D eigenvalue weighted by Crippen LogP contribution is -2.26. The number of esters is 4. The van der Waals surface area contributed by atoms with Crippen LogP contribution in [0, 0.1) is 0 Å². The van der Waals surface area contributed by atoms with Crippen molar-refractivity contribution < 1.29 is 66.7 Å². The molecular weight excluding hydrogens is 478 g/mol. The Morgan fingerprint density at radius 2 is 0.943 bits per heavy atom. The van der Waals surface area contributed by atoms with Gasteiger partial charge in [0.05, 0.1) is 42.7 Å². The van der Waals surface area contributed by atoms with Gasteiger partial charge in [-0.3, -0.25) is 19.2 Å². The Kier molecular flexibility index (Phi) is 41.9. The molecule has 0 saturated heterocycles. The first-order valence-corrected chi connectivity index (χ1v) is 9.52. The number of likely N-dealkylation sites (N-methyl/N-ethyl adjacent to an activating group) is 1. The zero-order valence-electron chi connectivity index (χ0n) is 22.0. The highest BCUT2D eigenvalue weighted by Crippen LogP contribution is 1.85. The molecule has 0 rings (SSSR count). The highest BCUT2D eigenvalue weighted by molar-refractivity contribution is 5.90. The molecule has 0 unspecified atom stereocenters. The molecule has 0 fully saturated rings. The number of hydrogen-bond acceptors (Lipinski definition) is 14. The van der Waals surface area contributed by atoms with E-state index in [1.165, 1.54) is 63.8 Å². The lowest BCUT2D eigenvalue weighted by Gasteiger charge is -1.97. The Hall–Kier alpha value is -3.46. The number of hydrogen-bond donors (Lipinski definition) is 1. The van der Waals surface area contributed by atoms with E-state index in [9.17, 15) is 28.8 Å². The van der Waals surface area contributed by atoms with E-state index in [0.717, 1.165) is 0 Å². The Morgan fingerprint density at radius 1 is 0.571 bits per heavy atom. The molecule has 0 aliphatic carbocycles. The van der Waals surface area contributed by atoms with E-state index in [2.05, 4.69) is 43.2 Å². The number of ether oxygens (including phenoxy) is 8. The molecule has 208 valence electrons. The van der Waals surface area contributed by atoms with E-state index in [0.29, 0.717) is 6.54 Å². The van der Waals surface area contributed by atoms with E-state index >= 15 is 0 Å². The largest absolute Gasteiger partial charge is 0.507 e. The first-order valence-electron chi connectivity index (χ1n) is 9.52.